The third-order valence-electron chi connectivity index (χ3n) is 4.66. The monoisotopic (exact) mass is 250 g/mol. The molecule has 0 aliphatic heterocycles. The molecule has 0 saturated heterocycles. The maximum atomic E-state index is 2.55. The number of hydrogen-bond acceptors (Lipinski definition) is 0. The van der Waals surface area contributed by atoms with E-state index in [2.05, 4.69) is 60.6 Å². The van der Waals surface area contributed by atoms with Gasteiger partial charge < -0.3 is 0 Å². The zero-order valence-electron chi connectivity index (χ0n) is 13.7. The normalized spacial score (nSPS) is 26.9. The second-order valence-corrected chi connectivity index (χ2v) is 8.14. The van der Waals surface area contributed by atoms with Gasteiger partial charge in [0.15, 0.2) is 0 Å². The van der Waals surface area contributed by atoms with Crippen molar-refractivity contribution in [2.45, 2.75) is 67.7 Å². The molecule has 3 unspecified atom stereocenters. The van der Waals surface area contributed by atoms with Crippen LogP contribution in [-0.4, -0.2) is 0 Å². The zero-order chi connectivity index (χ0) is 13.9. The fraction of sp³-hybridized carbons (Fsp3) is 0.889. The van der Waals surface area contributed by atoms with Crippen LogP contribution in [0.3, 0.4) is 0 Å². The van der Waals surface area contributed by atoms with E-state index in [1.165, 1.54) is 19.3 Å². The highest BCUT2D eigenvalue weighted by molar-refractivity contribution is 5.03. The predicted molar refractivity (Wildman–Crippen MR) is 82.6 cm³/mol. The van der Waals surface area contributed by atoms with Crippen molar-refractivity contribution in [2.75, 3.05) is 0 Å². The molecular formula is C18H34. The SMILES string of the molecule is CC(C)CC(C(C)C)C1C=CC(C(C)(C)C)CC1. The highest BCUT2D eigenvalue weighted by Crippen LogP contribution is 2.40. The first kappa shape index (κ1) is 15.8. The van der Waals surface area contributed by atoms with Crippen LogP contribution in [0, 0.1) is 35.0 Å². The van der Waals surface area contributed by atoms with Crippen molar-refractivity contribution in [1.29, 1.82) is 0 Å². The fourth-order valence-corrected chi connectivity index (χ4v) is 3.41. The molecule has 0 aromatic heterocycles. The van der Waals surface area contributed by atoms with Gasteiger partial charge in [-0.1, -0.05) is 60.6 Å². The van der Waals surface area contributed by atoms with E-state index in [1.807, 2.05) is 0 Å². The molecule has 1 rings (SSSR count). The Morgan fingerprint density at radius 1 is 1.00 bits per heavy atom. The Balaban J connectivity index is 2.68. The highest BCUT2D eigenvalue weighted by Gasteiger charge is 2.30. The van der Waals surface area contributed by atoms with E-state index in [0.717, 1.165) is 29.6 Å². The maximum Gasteiger partial charge on any atom is -0.0184 e. The molecule has 1 aliphatic carbocycles. The van der Waals surface area contributed by atoms with Crippen molar-refractivity contribution >= 4 is 0 Å². The summed E-state index contributed by atoms with van der Waals surface area (Å²) in [7, 11) is 0. The van der Waals surface area contributed by atoms with Gasteiger partial charge in [-0.25, -0.2) is 0 Å². The molecule has 0 heterocycles. The average Bonchev–Trinajstić information content (AvgIpc) is 2.24. The summed E-state index contributed by atoms with van der Waals surface area (Å²) in [5.74, 6) is 4.12. The topological polar surface area (TPSA) is 0 Å². The van der Waals surface area contributed by atoms with Gasteiger partial charge in [0.05, 0.1) is 0 Å². The Labute approximate surface area is 115 Å². The van der Waals surface area contributed by atoms with Crippen LogP contribution >= 0.6 is 0 Å². The molecule has 0 spiro atoms. The lowest BCUT2D eigenvalue weighted by molar-refractivity contribution is 0.193. The Hall–Kier alpha value is -0.260. The Bertz CT molecular complexity index is 264. The third kappa shape index (κ3) is 4.44. The fourth-order valence-electron chi connectivity index (χ4n) is 3.41. The summed E-state index contributed by atoms with van der Waals surface area (Å²) in [4.78, 5) is 0. The second kappa shape index (κ2) is 6.26. The van der Waals surface area contributed by atoms with Crippen molar-refractivity contribution in [1.82, 2.24) is 0 Å². The van der Waals surface area contributed by atoms with Crippen LogP contribution in [0.2, 0.25) is 0 Å². The quantitative estimate of drug-likeness (QED) is 0.542. The molecule has 0 saturated carbocycles. The Kier molecular flexibility index (Phi) is 5.49. The van der Waals surface area contributed by atoms with Gasteiger partial charge in [-0.3, -0.25) is 0 Å². The lowest BCUT2D eigenvalue weighted by Gasteiger charge is -2.37. The molecule has 0 bridgehead atoms. The minimum absolute atomic E-state index is 0.437. The van der Waals surface area contributed by atoms with Gasteiger partial charge in [-0.2, -0.15) is 0 Å². The molecule has 0 aromatic carbocycles. The van der Waals surface area contributed by atoms with E-state index in [9.17, 15) is 0 Å². The summed E-state index contributed by atoms with van der Waals surface area (Å²) in [6.45, 7) is 16.6. The van der Waals surface area contributed by atoms with Crippen LogP contribution in [0.4, 0.5) is 0 Å². The summed E-state index contributed by atoms with van der Waals surface area (Å²) in [6, 6.07) is 0. The van der Waals surface area contributed by atoms with E-state index in [0.29, 0.717) is 5.41 Å². The van der Waals surface area contributed by atoms with Gasteiger partial charge in [0.1, 0.15) is 0 Å². The molecule has 0 heteroatoms. The molecule has 1 aliphatic rings. The van der Waals surface area contributed by atoms with Gasteiger partial charge >= 0.3 is 0 Å². The van der Waals surface area contributed by atoms with Gasteiger partial charge in [0.2, 0.25) is 0 Å². The van der Waals surface area contributed by atoms with Crippen molar-refractivity contribution < 1.29 is 0 Å². The summed E-state index contributed by atoms with van der Waals surface area (Å²) in [6.07, 6.45) is 9.23. The largest absolute Gasteiger partial charge is 0.0848 e. The Morgan fingerprint density at radius 2 is 1.61 bits per heavy atom. The Morgan fingerprint density at radius 3 is 1.94 bits per heavy atom. The van der Waals surface area contributed by atoms with E-state index in [1.54, 1.807) is 0 Å². The standard InChI is InChI=1S/C18H34/c1-13(2)12-17(14(3)4)15-8-10-16(11-9-15)18(5,6)7/h8,10,13-17H,9,11-12H2,1-7H3. The van der Waals surface area contributed by atoms with Gasteiger partial charge in [-0.05, 0) is 54.3 Å². The molecule has 106 valence electrons. The van der Waals surface area contributed by atoms with Crippen LogP contribution < -0.4 is 0 Å². The first-order chi connectivity index (χ1) is 8.21. The number of hydrogen-bond donors (Lipinski definition) is 0. The molecule has 18 heavy (non-hydrogen) atoms. The number of rotatable bonds is 4. The summed E-state index contributed by atoms with van der Waals surface area (Å²) in [5.41, 5.74) is 0.437. The lowest BCUT2D eigenvalue weighted by atomic mass is 9.68. The van der Waals surface area contributed by atoms with Crippen LogP contribution in [0.1, 0.15) is 67.7 Å². The van der Waals surface area contributed by atoms with Crippen LogP contribution in [0.25, 0.3) is 0 Å². The average molecular weight is 250 g/mol. The van der Waals surface area contributed by atoms with E-state index in [-0.39, 0.29) is 0 Å². The zero-order valence-corrected chi connectivity index (χ0v) is 13.7. The minimum atomic E-state index is 0.437. The van der Waals surface area contributed by atoms with Crippen LogP contribution in [-0.2, 0) is 0 Å². The van der Waals surface area contributed by atoms with Crippen molar-refractivity contribution in [3.8, 4) is 0 Å². The molecule has 3 atom stereocenters. The first-order valence-electron chi connectivity index (χ1n) is 7.90. The van der Waals surface area contributed by atoms with Gasteiger partial charge in [0, 0.05) is 0 Å². The lowest BCUT2D eigenvalue weighted by Crippen LogP contribution is -2.27. The predicted octanol–water partition coefficient (Wildman–Crippen LogP) is 5.93. The van der Waals surface area contributed by atoms with Gasteiger partial charge in [0.25, 0.3) is 0 Å². The molecule has 0 nitrogen and oxygen atoms in total. The first-order valence-corrected chi connectivity index (χ1v) is 7.90. The van der Waals surface area contributed by atoms with Crippen LogP contribution in [0.15, 0.2) is 12.2 Å². The molecule has 0 radical (unpaired) electrons. The molecule has 0 amide bonds. The second-order valence-electron chi connectivity index (χ2n) is 8.14. The summed E-state index contributed by atoms with van der Waals surface area (Å²) >= 11 is 0. The maximum absolute atomic E-state index is 2.55. The number of allylic oxidation sites excluding steroid dienone is 2. The molecular weight excluding hydrogens is 216 g/mol. The highest BCUT2D eigenvalue weighted by atomic mass is 14.4. The molecule has 0 aromatic rings. The molecule has 0 fully saturated rings. The van der Waals surface area contributed by atoms with Crippen molar-refractivity contribution in [3.63, 3.8) is 0 Å². The smallest absolute Gasteiger partial charge is 0.0184 e. The summed E-state index contributed by atoms with van der Waals surface area (Å²) < 4.78 is 0. The van der Waals surface area contributed by atoms with Crippen molar-refractivity contribution in [3.05, 3.63) is 12.2 Å². The van der Waals surface area contributed by atoms with Gasteiger partial charge in [-0.15, -0.1) is 0 Å². The third-order valence-corrected chi connectivity index (χ3v) is 4.66. The van der Waals surface area contributed by atoms with Crippen LogP contribution in [0.5, 0.6) is 0 Å². The van der Waals surface area contributed by atoms with E-state index < -0.39 is 0 Å². The molecule has 0 N–H and O–H groups in total. The summed E-state index contributed by atoms with van der Waals surface area (Å²) in [5, 5.41) is 0. The van der Waals surface area contributed by atoms with E-state index >= 15 is 0 Å². The minimum Gasteiger partial charge on any atom is -0.0848 e. The van der Waals surface area contributed by atoms with E-state index in [4.69, 9.17) is 0 Å². The van der Waals surface area contributed by atoms with Crippen molar-refractivity contribution in [2.24, 2.45) is 35.0 Å².